The zero-order valence-electron chi connectivity index (χ0n) is 19.8. The zero-order chi connectivity index (χ0) is 21.0. The molecule has 0 saturated heterocycles. The van der Waals surface area contributed by atoms with Gasteiger partial charge in [0.1, 0.15) is 0 Å². The van der Waals surface area contributed by atoms with Crippen LogP contribution in [0, 0.1) is 6.92 Å². The smallest absolute Gasteiger partial charge is 1.00 e. The molecule has 0 amide bonds. The molecule has 1 aliphatic carbocycles. The fourth-order valence-corrected chi connectivity index (χ4v) is 10.1. The van der Waals surface area contributed by atoms with E-state index in [4.69, 9.17) is 4.42 Å². The Kier molecular flexibility index (Phi) is 8.96. The van der Waals surface area contributed by atoms with Gasteiger partial charge in [0, 0.05) is 16.7 Å². The molecule has 0 N–H and O–H groups in total. The molecule has 0 fully saturated rings. The molecule has 1 radical (unpaired) electrons. The van der Waals surface area contributed by atoms with Crippen molar-refractivity contribution < 1.29 is 55.4 Å². The molecule has 3 heterocycles. The molecule has 4 aromatic rings. The standard InChI is InChI=1S/C18H17.C10H12OSi.2ClH.Zr/c1-3-14-7-9-15(10-8-14)17-6-4-5-16-11-13(2)12-18(16)17;1-6-9-7-4-11-5-8(7)10(6)12(9,2)3;;;/h4-12H,3H2,1-2H3;4-5,9H,1-3H3;2*1H;/q-1;;;;+3/p-2. The van der Waals surface area contributed by atoms with Crippen LogP contribution in [0.2, 0.25) is 13.1 Å². The molecular weight excluding hydrogens is 543 g/mol. The quantitative estimate of drug-likeness (QED) is 0.265. The van der Waals surface area contributed by atoms with E-state index in [-0.39, 0.29) is 51.0 Å². The number of hydrogen-bond donors (Lipinski definition) is 0. The molecule has 3 aromatic carbocycles. The van der Waals surface area contributed by atoms with Gasteiger partial charge in [-0.05, 0) is 29.7 Å². The van der Waals surface area contributed by atoms with Crippen molar-refractivity contribution in [1.29, 1.82) is 0 Å². The first kappa shape index (κ1) is 28.0. The van der Waals surface area contributed by atoms with Gasteiger partial charge in [0.05, 0.1) is 20.6 Å². The number of benzene rings is 2. The summed E-state index contributed by atoms with van der Waals surface area (Å²) < 4.78 is 5.22. The molecule has 2 aliphatic heterocycles. The number of hydrogen-bond acceptors (Lipinski definition) is 1. The molecule has 33 heavy (non-hydrogen) atoms. The Morgan fingerprint density at radius 2 is 1.64 bits per heavy atom. The van der Waals surface area contributed by atoms with Gasteiger partial charge in [-0.2, -0.15) is 6.07 Å². The molecule has 0 spiro atoms. The van der Waals surface area contributed by atoms with Crippen LogP contribution in [0.25, 0.3) is 27.1 Å². The van der Waals surface area contributed by atoms with Crippen LogP contribution < -0.4 is 24.8 Å². The largest absolute Gasteiger partial charge is 3.00 e. The summed E-state index contributed by atoms with van der Waals surface area (Å²) in [5, 5.41) is 4.36. The van der Waals surface area contributed by atoms with Gasteiger partial charge in [0.2, 0.25) is 0 Å². The van der Waals surface area contributed by atoms with Crippen LogP contribution in [0.15, 0.2) is 77.1 Å². The number of fused-ring (bicyclic) bond motifs is 1. The fraction of sp³-hybridized carbons (Fsp3) is 0.250. The summed E-state index contributed by atoms with van der Waals surface area (Å²) in [6, 6.07) is 20.0. The predicted molar refractivity (Wildman–Crippen MR) is 131 cm³/mol. The van der Waals surface area contributed by atoms with Crippen LogP contribution in [0.5, 0.6) is 0 Å². The minimum atomic E-state index is -1.04. The Balaban J connectivity index is 0.000000227. The summed E-state index contributed by atoms with van der Waals surface area (Å²) in [7, 11) is -1.04. The van der Waals surface area contributed by atoms with E-state index in [2.05, 4.69) is 88.5 Å². The Morgan fingerprint density at radius 1 is 0.939 bits per heavy atom. The SMILES string of the molecule is CC1=C2c3cocc3C1[Si]2(C)C.CCc1ccc(-c2cccc3[cH-]c(C)cc23)cc1.[Cl-].[Cl-].[Zr+3]. The predicted octanol–water partition coefficient (Wildman–Crippen LogP) is 2.05. The van der Waals surface area contributed by atoms with Crippen molar-refractivity contribution in [3.05, 3.63) is 95.0 Å². The molecule has 0 saturated carbocycles. The van der Waals surface area contributed by atoms with Crippen molar-refractivity contribution in [2.75, 3.05) is 0 Å². The van der Waals surface area contributed by atoms with Crippen LogP contribution in [0.1, 0.15) is 41.6 Å². The molecule has 1 nitrogen and oxygen atoms in total. The van der Waals surface area contributed by atoms with Gasteiger partial charge in [0.25, 0.3) is 0 Å². The summed E-state index contributed by atoms with van der Waals surface area (Å²) in [5.41, 5.74) is 10.7. The average molecular weight is 572 g/mol. The summed E-state index contributed by atoms with van der Waals surface area (Å²) in [5.74, 6) is 0. The number of aryl methyl sites for hydroxylation is 2. The van der Waals surface area contributed by atoms with Crippen molar-refractivity contribution in [2.24, 2.45) is 0 Å². The Bertz CT molecular complexity index is 1280. The van der Waals surface area contributed by atoms with Crippen LogP contribution in [-0.2, 0) is 32.6 Å². The topological polar surface area (TPSA) is 13.1 Å². The molecule has 2 bridgehead atoms. The minimum Gasteiger partial charge on any atom is -1.00 e. The molecule has 1 aromatic heterocycles. The van der Waals surface area contributed by atoms with E-state index in [0.717, 1.165) is 12.0 Å². The molecule has 3 aliphatic rings. The second kappa shape index (κ2) is 10.6. The molecule has 169 valence electrons. The van der Waals surface area contributed by atoms with Gasteiger partial charge in [-0.3, -0.25) is 0 Å². The zero-order valence-corrected chi connectivity index (χ0v) is 24.8. The maximum absolute atomic E-state index is 5.22. The van der Waals surface area contributed by atoms with Crippen LogP contribution >= 0.6 is 0 Å². The third kappa shape index (κ3) is 4.55. The van der Waals surface area contributed by atoms with E-state index in [9.17, 15) is 0 Å². The van der Waals surface area contributed by atoms with Crippen molar-refractivity contribution in [3.63, 3.8) is 0 Å². The van der Waals surface area contributed by atoms with Gasteiger partial charge in [0.15, 0.2) is 0 Å². The van der Waals surface area contributed by atoms with E-state index in [1.165, 1.54) is 44.2 Å². The van der Waals surface area contributed by atoms with E-state index in [1.54, 1.807) is 10.8 Å². The summed E-state index contributed by atoms with van der Waals surface area (Å²) in [4.78, 5) is 0. The third-order valence-corrected chi connectivity index (χ3v) is 11.2. The molecular formula is C28H29Cl2OSiZr. The average Bonchev–Trinajstić information content (AvgIpc) is 3.44. The Hall–Kier alpha value is -1.25. The number of allylic oxidation sites excluding steroid dienone is 1. The summed E-state index contributed by atoms with van der Waals surface area (Å²) in [6.45, 7) is 11.5. The fourth-order valence-electron chi connectivity index (χ4n) is 5.73. The third-order valence-electron chi connectivity index (χ3n) is 7.03. The summed E-state index contributed by atoms with van der Waals surface area (Å²) >= 11 is 0. The second-order valence-electron chi connectivity index (χ2n) is 9.35. The van der Waals surface area contributed by atoms with Gasteiger partial charge in [-0.1, -0.05) is 68.4 Å². The maximum atomic E-state index is 5.22. The first-order valence-electron chi connectivity index (χ1n) is 10.9. The van der Waals surface area contributed by atoms with Gasteiger partial charge < -0.3 is 29.2 Å². The Morgan fingerprint density at radius 3 is 2.24 bits per heavy atom. The van der Waals surface area contributed by atoms with Crippen LogP contribution in [-0.4, -0.2) is 8.07 Å². The molecule has 1 unspecified atom stereocenters. The second-order valence-corrected chi connectivity index (χ2v) is 13.9. The van der Waals surface area contributed by atoms with Crippen molar-refractivity contribution in [2.45, 2.75) is 45.8 Å². The van der Waals surface area contributed by atoms with E-state index >= 15 is 0 Å². The number of rotatable bonds is 2. The molecule has 7 rings (SSSR count). The van der Waals surface area contributed by atoms with E-state index in [1.807, 2.05) is 12.5 Å². The maximum Gasteiger partial charge on any atom is 3.00 e. The molecule has 1 atom stereocenters. The van der Waals surface area contributed by atoms with Crippen LogP contribution in [0.3, 0.4) is 0 Å². The minimum absolute atomic E-state index is 0. The van der Waals surface area contributed by atoms with Gasteiger partial charge in [-0.25, -0.2) is 0 Å². The van der Waals surface area contributed by atoms with Gasteiger partial charge >= 0.3 is 26.2 Å². The number of halogens is 2. The van der Waals surface area contributed by atoms with Gasteiger partial charge in [-0.15, -0.1) is 34.5 Å². The van der Waals surface area contributed by atoms with Crippen molar-refractivity contribution >= 4 is 24.0 Å². The first-order chi connectivity index (χ1) is 14.4. The van der Waals surface area contributed by atoms with Crippen molar-refractivity contribution in [3.8, 4) is 11.1 Å². The monoisotopic (exact) mass is 569 g/mol. The van der Waals surface area contributed by atoms with Crippen LogP contribution in [0.4, 0.5) is 0 Å². The van der Waals surface area contributed by atoms with Crippen molar-refractivity contribution in [1.82, 2.24) is 0 Å². The number of furan rings is 1. The van der Waals surface area contributed by atoms with E-state index < -0.39 is 8.07 Å². The summed E-state index contributed by atoms with van der Waals surface area (Å²) in [6.07, 6.45) is 4.97. The normalized spacial score (nSPS) is 16.5. The first-order valence-corrected chi connectivity index (χ1v) is 14.0. The molecule has 5 heteroatoms. The van der Waals surface area contributed by atoms with E-state index in [0.29, 0.717) is 0 Å². The Labute approximate surface area is 230 Å².